The third-order valence-electron chi connectivity index (χ3n) is 21.9. The number of ether oxygens (including phenoxy) is 9. The van der Waals surface area contributed by atoms with Crippen LogP contribution in [0.15, 0.2) is 23.8 Å². The van der Waals surface area contributed by atoms with Crippen molar-refractivity contribution in [2.45, 2.75) is 241 Å². The number of carboxylic acids is 1. The molecule has 0 bridgehead atoms. The molecule has 0 spiro atoms. The zero-order chi connectivity index (χ0) is 61.6. The van der Waals surface area contributed by atoms with E-state index in [4.69, 9.17) is 42.6 Å². The second kappa shape index (κ2) is 24.6. The molecule has 8 fully saturated rings. The zero-order valence-electron chi connectivity index (χ0n) is 48.6. The van der Waals surface area contributed by atoms with E-state index in [0.29, 0.717) is 38.5 Å². The number of fused-ring (bicyclic) bond motifs is 7. The predicted molar refractivity (Wildman–Crippen MR) is 284 cm³/mol. The molecule has 84 heavy (non-hydrogen) atoms. The molecule has 0 radical (unpaired) electrons. The van der Waals surface area contributed by atoms with Gasteiger partial charge in [-0.15, -0.1) is 0 Å². The van der Waals surface area contributed by atoms with Crippen molar-refractivity contribution in [1.82, 2.24) is 0 Å². The van der Waals surface area contributed by atoms with Crippen LogP contribution in [0.4, 0.5) is 0 Å². The number of rotatable bonds is 16. The van der Waals surface area contributed by atoms with Gasteiger partial charge in [0.05, 0.1) is 55.6 Å². The van der Waals surface area contributed by atoms with Gasteiger partial charge in [-0.2, -0.15) is 0 Å². The minimum Gasteiger partial charge on any atom is -0.479 e. The molecule has 4 saturated heterocycles. The number of esters is 1. The Morgan fingerprint density at radius 1 is 0.690 bits per heavy atom. The Morgan fingerprint density at radius 3 is 1.98 bits per heavy atom. The molecule has 478 valence electrons. The zero-order valence-corrected chi connectivity index (χ0v) is 48.6. The Bertz CT molecular complexity index is 2410. The summed E-state index contributed by atoms with van der Waals surface area (Å²) in [5, 5.41) is 155. The summed E-state index contributed by atoms with van der Waals surface area (Å²) >= 11 is 0. The highest BCUT2D eigenvalue weighted by Crippen LogP contribution is 2.76. The van der Waals surface area contributed by atoms with E-state index in [9.17, 15) is 85.9 Å². The quantitative estimate of drug-likeness (QED) is 0.0257. The standard InChI is InChI=1S/C58H90O26/c1-8-9-10-11-34(65)80-47-46(73)53(2,3)18-26-25-12-13-31-54(4)16-15-33(55(5,23-60)30(54)14-17-56(31,6)57(25,7)19-32(64)58(26,47)24-61)79-52-45(84-50-40(71)38(69)37(68)29(20-59)78-50)42(41(72)43(82-52)48(74)75)81-51-44(36(67)28(63)22-77-51)83-49-39(70)35(66)27(62)21-76-49/h10-12,23,26-33,35-47,49-52,59,61-64,66-73H,8-9,13-22,24H2,1-7H3,(H,74,75)/b11-10-/t26-,27?,28-,29+,30+,31+,32+,33-,35?,36-,37-,38-,39?,40+,41-,42-,43-,44+,45+,46-,47-,49?,50-,51-,52+,54-,55-,56+,57+,58-/m0/s1. The molecule has 4 unspecified atom stereocenters. The minimum absolute atomic E-state index is 0.126. The summed E-state index contributed by atoms with van der Waals surface area (Å²) in [5.74, 6) is -3.54. The fraction of sp³-hybridized carbons (Fsp3) is 0.879. The second-order valence-corrected chi connectivity index (χ2v) is 26.9. The molecule has 5 aliphatic carbocycles. The Labute approximate surface area is 487 Å². The first-order valence-electron chi connectivity index (χ1n) is 29.6. The Balaban J connectivity index is 1.04. The van der Waals surface area contributed by atoms with E-state index in [1.54, 1.807) is 13.0 Å². The van der Waals surface area contributed by atoms with Crippen LogP contribution in [0.5, 0.6) is 0 Å². The third kappa shape index (κ3) is 10.8. The highest BCUT2D eigenvalue weighted by Gasteiger charge is 2.74. The van der Waals surface area contributed by atoms with E-state index in [1.807, 2.05) is 20.8 Å². The van der Waals surface area contributed by atoms with E-state index >= 15 is 0 Å². The van der Waals surface area contributed by atoms with Crippen LogP contribution in [-0.2, 0) is 57.0 Å². The number of allylic oxidation sites excluding steroid dienone is 3. The molecule has 9 aliphatic rings. The van der Waals surface area contributed by atoms with Crippen molar-refractivity contribution in [3.05, 3.63) is 23.8 Å². The van der Waals surface area contributed by atoms with Gasteiger partial charge in [-0.1, -0.05) is 72.6 Å². The van der Waals surface area contributed by atoms with Crippen LogP contribution in [0.25, 0.3) is 0 Å². The topological polar surface area (TPSA) is 418 Å². The lowest BCUT2D eigenvalue weighted by Gasteiger charge is -2.72. The number of carbonyl (C=O) groups excluding carboxylic acids is 2. The van der Waals surface area contributed by atoms with Crippen LogP contribution >= 0.6 is 0 Å². The van der Waals surface area contributed by atoms with Gasteiger partial charge in [0.2, 0.25) is 0 Å². The molecule has 26 heteroatoms. The van der Waals surface area contributed by atoms with Gasteiger partial charge in [0.25, 0.3) is 0 Å². The highest BCUT2D eigenvalue weighted by atomic mass is 16.8. The lowest BCUT2D eigenvalue weighted by atomic mass is 9.33. The number of carbonyl (C=O) groups is 3. The van der Waals surface area contributed by atoms with Crippen LogP contribution in [0.3, 0.4) is 0 Å². The van der Waals surface area contributed by atoms with E-state index < -0.39 is 218 Å². The summed E-state index contributed by atoms with van der Waals surface area (Å²) in [6.45, 7) is 11.3. The number of aliphatic carboxylic acids is 1. The molecule has 14 N–H and O–H groups in total. The molecular weight excluding hydrogens is 1110 g/mol. The average Bonchev–Trinajstić information content (AvgIpc) is 0.752. The third-order valence-corrected chi connectivity index (χ3v) is 21.9. The molecule has 0 aromatic heterocycles. The Hall–Kier alpha value is -2.75. The molecular formula is C58H90O26. The fourth-order valence-electron chi connectivity index (χ4n) is 16.8. The van der Waals surface area contributed by atoms with Crippen molar-refractivity contribution in [3.8, 4) is 0 Å². The van der Waals surface area contributed by atoms with Gasteiger partial charge in [-0.3, -0.25) is 0 Å². The molecule has 4 aliphatic heterocycles. The van der Waals surface area contributed by atoms with Crippen LogP contribution < -0.4 is 0 Å². The lowest BCUT2D eigenvalue weighted by molar-refractivity contribution is -0.398. The molecule has 0 aromatic carbocycles. The first-order chi connectivity index (χ1) is 39.5. The van der Waals surface area contributed by atoms with E-state index in [2.05, 4.69) is 26.8 Å². The summed E-state index contributed by atoms with van der Waals surface area (Å²) in [6.07, 6.45) is -29.4. The maximum atomic E-state index is 14.1. The number of hydrogen-bond acceptors (Lipinski definition) is 25. The average molecular weight is 1200 g/mol. The predicted octanol–water partition coefficient (Wildman–Crippen LogP) is -2.19. The maximum absolute atomic E-state index is 14.1. The van der Waals surface area contributed by atoms with Gasteiger partial charge in [0, 0.05) is 6.08 Å². The molecule has 30 atom stereocenters. The molecule has 0 amide bonds. The minimum atomic E-state index is -2.27. The summed E-state index contributed by atoms with van der Waals surface area (Å²) in [5.41, 5.74) is -4.57. The normalized spacial score (nSPS) is 52.0. The van der Waals surface area contributed by atoms with Crippen molar-refractivity contribution >= 4 is 18.2 Å². The Morgan fingerprint density at radius 2 is 1.33 bits per heavy atom. The van der Waals surface area contributed by atoms with Gasteiger partial charge >= 0.3 is 11.9 Å². The number of carboxylic acid groups (broad SMARTS) is 1. The summed E-state index contributed by atoms with van der Waals surface area (Å²) in [4.78, 5) is 40.7. The summed E-state index contributed by atoms with van der Waals surface area (Å²) < 4.78 is 54.3. The molecule has 0 aromatic rings. The van der Waals surface area contributed by atoms with Crippen molar-refractivity contribution in [3.63, 3.8) is 0 Å². The van der Waals surface area contributed by atoms with Crippen molar-refractivity contribution in [1.29, 1.82) is 0 Å². The largest absolute Gasteiger partial charge is 0.479 e. The van der Waals surface area contributed by atoms with Crippen LogP contribution in [-0.4, -0.2) is 251 Å². The van der Waals surface area contributed by atoms with Crippen LogP contribution in [0, 0.1) is 50.2 Å². The van der Waals surface area contributed by atoms with Gasteiger partial charge in [-0.25, -0.2) is 9.59 Å². The van der Waals surface area contributed by atoms with E-state index in [-0.39, 0.29) is 18.8 Å². The maximum Gasteiger partial charge on any atom is 0.335 e. The first-order valence-corrected chi connectivity index (χ1v) is 29.6. The van der Waals surface area contributed by atoms with Crippen molar-refractivity contribution in [2.24, 2.45) is 50.2 Å². The monoisotopic (exact) mass is 1200 g/mol. The van der Waals surface area contributed by atoms with Crippen LogP contribution in [0.2, 0.25) is 0 Å². The Kier molecular flexibility index (Phi) is 19.2. The van der Waals surface area contributed by atoms with Gasteiger partial charge in [-0.05, 0) is 90.8 Å². The SMILES string of the molecule is CCC/C=C\C(=O)O[C@H]1[C@H](O)C(C)(C)C[C@H]2C3=CC[C@@H]4[C@@]5(C)CC[C@H](O[C@@H]6O[C@H](C(=O)O)[C@@H](O)[C@H](O[C@@H]7OC[C@H](O)[C@H](O)[C@H]7OC7OCC(O)C(O)C7O)[C@H]6O[C@@H]6O[C@H](CO)[C@H](O)[C@H](O)[C@H]6O)[C@@](C)(C=O)[C@@H]5CC[C@@]4(C)[C@]3(C)C[C@@H](O)[C@]21CO. The summed E-state index contributed by atoms with van der Waals surface area (Å²) in [6, 6.07) is 0. The lowest BCUT2D eigenvalue weighted by Crippen LogP contribution is -2.72. The number of aldehydes is 1. The summed E-state index contributed by atoms with van der Waals surface area (Å²) in [7, 11) is 0. The first kappa shape index (κ1) is 65.7. The van der Waals surface area contributed by atoms with Crippen molar-refractivity contribution < 1.29 is 129 Å². The van der Waals surface area contributed by atoms with Gasteiger partial charge in [0.15, 0.2) is 31.3 Å². The molecule has 4 heterocycles. The number of aliphatic hydroxyl groups is 13. The fourth-order valence-corrected chi connectivity index (χ4v) is 16.8. The molecule has 26 nitrogen and oxygen atoms in total. The van der Waals surface area contributed by atoms with Crippen molar-refractivity contribution in [2.75, 3.05) is 26.4 Å². The second-order valence-electron chi connectivity index (χ2n) is 26.9. The van der Waals surface area contributed by atoms with E-state index in [1.165, 1.54) is 6.08 Å². The van der Waals surface area contributed by atoms with Crippen LogP contribution in [0.1, 0.15) is 106 Å². The molecule has 4 saturated carbocycles. The number of unbranched alkanes of at least 4 members (excludes halogenated alkanes) is 1. The van der Waals surface area contributed by atoms with Gasteiger partial charge < -0.3 is 119 Å². The smallest absolute Gasteiger partial charge is 0.335 e. The van der Waals surface area contributed by atoms with Gasteiger partial charge in [0.1, 0.15) is 91.7 Å². The molecule has 9 rings (SSSR count). The number of hydrogen-bond donors (Lipinski definition) is 14. The number of aliphatic hydroxyl groups excluding tert-OH is 13. The highest BCUT2D eigenvalue weighted by molar-refractivity contribution is 5.82. The van der Waals surface area contributed by atoms with E-state index in [0.717, 1.165) is 18.3 Å².